The summed E-state index contributed by atoms with van der Waals surface area (Å²) in [5.74, 6) is -0.193. The number of rotatable bonds is 3. The van der Waals surface area contributed by atoms with E-state index in [1.807, 2.05) is 25.1 Å². The third kappa shape index (κ3) is 2.63. The Labute approximate surface area is 110 Å². The first kappa shape index (κ1) is 12.5. The number of carboxylic acids is 1. The first-order valence-corrected chi connectivity index (χ1v) is 5.72. The van der Waals surface area contributed by atoms with Crippen LogP contribution in [0.1, 0.15) is 15.9 Å². The Hall–Kier alpha value is -2.00. The summed E-state index contributed by atoms with van der Waals surface area (Å²) < 4.78 is 5.62. The summed E-state index contributed by atoms with van der Waals surface area (Å²) in [6, 6.07) is 11.8. The van der Waals surface area contributed by atoms with E-state index in [9.17, 15) is 4.79 Å². The van der Waals surface area contributed by atoms with Gasteiger partial charge < -0.3 is 9.84 Å². The molecule has 3 nitrogen and oxygen atoms in total. The van der Waals surface area contributed by atoms with Crippen LogP contribution in [0.2, 0.25) is 5.02 Å². The van der Waals surface area contributed by atoms with Gasteiger partial charge in [0.1, 0.15) is 17.1 Å². The lowest BCUT2D eigenvalue weighted by Gasteiger charge is -2.11. The number of carboxylic acid groups (broad SMARTS) is 1. The zero-order valence-corrected chi connectivity index (χ0v) is 10.4. The molecule has 92 valence electrons. The van der Waals surface area contributed by atoms with Crippen LogP contribution in [0, 0.1) is 6.92 Å². The maximum atomic E-state index is 11.1. The third-order valence-corrected chi connectivity index (χ3v) is 2.72. The summed E-state index contributed by atoms with van der Waals surface area (Å²) in [6.45, 7) is 1.89. The van der Waals surface area contributed by atoms with Crippen LogP contribution in [-0.4, -0.2) is 11.1 Å². The third-order valence-electron chi connectivity index (χ3n) is 2.49. The number of carbonyl (C=O) groups is 1. The monoisotopic (exact) mass is 262 g/mol. The molecule has 0 fully saturated rings. The van der Waals surface area contributed by atoms with Crippen molar-refractivity contribution >= 4 is 17.6 Å². The van der Waals surface area contributed by atoms with Crippen molar-refractivity contribution < 1.29 is 14.6 Å². The largest absolute Gasteiger partial charge is 0.478 e. The van der Waals surface area contributed by atoms with E-state index in [2.05, 4.69) is 0 Å². The Morgan fingerprint density at radius 3 is 2.56 bits per heavy atom. The molecular formula is C14H11ClO3. The summed E-state index contributed by atoms with van der Waals surface area (Å²) in [4.78, 5) is 11.1. The molecule has 2 aromatic rings. The van der Waals surface area contributed by atoms with Gasteiger partial charge in [0, 0.05) is 11.1 Å². The van der Waals surface area contributed by atoms with Gasteiger partial charge in [-0.1, -0.05) is 29.8 Å². The van der Waals surface area contributed by atoms with Gasteiger partial charge in [-0.3, -0.25) is 0 Å². The van der Waals surface area contributed by atoms with Crippen LogP contribution in [0.25, 0.3) is 0 Å². The molecule has 0 saturated heterocycles. The number of aryl methyl sites for hydroxylation is 1. The van der Waals surface area contributed by atoms with Gasteiger partial charge in [0.25, 0.3) is 0 Å². The predicted octanol–water partition coefficient (Wildman–Crippen LogP) is 4.14. The van der Waals surface area contributed by atoms with Crippen molar-refractivity contribution in [1.82, 2.24) is 0 Å². The molecule has 0 atom stereocenters. The molecule has 2 rings (SSSR count). The molecule has 0 bridgehead atoms. The second-order valence-corrected chi connectivity index (χ2v) is 4.25. The zero-order chi connectivity index (χ0) is 13.1. The van der Waals surface area contributed by atoms with Crippen molar-refractivity contribution in [3.63, 3.8) is 0 Å². The predicted molar refractivity (Wildman–Crippen MR) is 69.7 cm³/mol. The van der Waals surface area contributed by atoms with E-state index in [1.165, 1.54) is 18.2 Å². The molecule has 0 aliphatic heterocycles. The van der Waals surface area contributed by atoms with Gasteiger partial charge in [0.05, 0.1) is 0 Å². The van der Waals surface area contributed by atoms with Gasteiger partial charge in [0.15, 0.2) is 0 Å². The maximum absolute atomic E-state index is 11.1. The number of halogens is 1. The molecule has 0 spiro atoms. The fourth-order valence-electron chi connectivity index (χ4n) is 1.55. The topological polar surface area (TPSA) is 46.5 Å². The molecule has 0 aromatic heterocycles. The fourth-order valence-corrected chi connectivity index (χ4v) is 1.71. The first-order valence-electron chi connectivity index (χ1n) is 5.34. The molecular weight excluding hydrogens is 252 g/mol. The molecule has 0 aliphatic rings. The zero-order valence-electron chi connectivity index (χ0n) is 9.68. The summed E-state index contributed by atoms with van der Waals surface area (Å²) >= 11 is 5.85. The van der Waals surface area contributed by atoms with E-state index in [1.54, 1.807) is 6.07 Å². The average molecular weight is 263 g/mol. The fraction of sp³-hybridized carbons (Fsp3) is 0.0714. The van der Waals surface area contributed by atoms with E-state index in [-0.39, 0.29) is 11.3 Å². The Bertz CT molecular complexity index is 593. The van der Waals surface area contributed by atoms with Crippen LogP contribution in [0.3, 0.4) is 0 Å². The molecule has 4 heteroatoms. The first-order chi connectivity index (χ1) is 8.58. The highest BCUT2D eigenvalue weighted by molar-refractivity contribution is 6.30. The molecule has 0 amide bonds. The lowest BCUT2D eigenvalue weighted by atomic mass is 10.2. The van der Waals surface area contributed by atoms with Crippen LogP contribution in [-0.2, 0) is 0 Å². The van der Waals surface area contributed by atoms with E-state index < -0.39 is 5.97 Å². The number of para-hydroxylation sites is 1. The minimum atomic E-state index is -1.05. The summed E-state index contributed by atoms with van der Waals surface area (Å²) in [7, 11) is 0. The Morgan fingerprint density at radius 1 is 1.17 bits per heavy atom. The van der Waals surface area contributed by atoms with Gasteiger partial charge >= 0.3 is 5.97 Å². The summed E-state index contributed by atoms with van der Waals surface area (Å²) in [5.41, 5.74) is 1.01. The van der Waals surface area contributed by atoms with Crippen LogP contribution >= 0.6 is 11.6 Å². The van der Waals surface area contributed by atoms with Gasteiger partial charge in [-0.15, -0.1) is 0 Å². The second-order valence-electron chi connectivity index (χ2n) is 3.81. The highest BCUT2D eigenvalue weighted by Gasteiger charge is 2.13. The standard InChI is InChI=1S/C14H11ClO3/c1-9-4-2-3-5-12(9)18-13-8-10(15)6-7-11(13)14(16)17/h2-8H,1H3,(H,16,17). The molecule has 0 aliphatic carbocycles. The molecule has 0 unspecified atom stereocenters. The van der Waals surface area contributed by atoms with E-state index in [0.29, 0.717) is 10.8 Å². The molecule has 18 heavy (non-hydrogen) atoms. The minimum Gasteiger partial charge on any atom is -0.478 e. The van der Waals surface area contributed by atoms with Crippen LogP contribution in [0.4, 0.5) is 0 Å². The summed E-state index contributed by atoms with van der Waals surface area (Å²) in [5, 5.41) is 9.51. The minimum absolute atomic E-state index is 0.0858. The highest BCUT2D eigenvalue weighted by Crippen LogP contribution is 2.30. The van der Waals surface area contributed by atoms with Crippen LogP contribution in [0.5, 0.6) is 11.5 Å². The lowest BCUT2D eigenvalue weighted by Crippen LogP contribution is -2.00. The lowest BCUT2D eigenvalue weighted by molar-refractivity contribution is 0.0694. The molecule has 0 radical (unpaired) electrons. The normalized spacial score (nSPS) is 10.1. The van der Waals surface area contributed by atoms with E-state index in [0.717, 1.165) is 5.56 Å². The SMILES string of the molecule is Cc1ccccc1Oc1cc(Cl)ccc1C(=O)O. The van der Waals surface area contributed by atoms with E-state index >= 15 is 0 Å². The molecule has 1 N–H and O–H groups in total. The van der Waals surface area contributed by atoms with Crippen LogP contribution < -0.4 is 4.74 Å². The Kier molecular flexibility index (Phi) is 3.53. The van der Waals surface area contributed by atoms with Gasteiger partial charge in [0.2, 0.25) is 0 Å². The average Bonchev–Trinajstić information content (AvgIpc) is 2.32. The molecule has 2 aromatic carbocycles. The number of aromatic carboxylic acids is 1. The number of hydrogen-bond acceptors (Lipinski definition) is 2. The molecule has 0 saturated carbocycles. The van der Waals surface area contributed by atoms with Crippen molar-refractivity contribution in [3.8, 4) is 11.5 Å². The van der Waals surface area contributed by atoms with Crippen LogP contribution in [0.15, 0.2) is 42.5 Å². The number of ether oxygens (including phenoxy) is 1. The van der Waals surface area contributed by atoms with Crippen molar-refractivity contribution in [2.75, 3.05) is 0 Å². The van der Waals surface area contributed by atoms with Gasteiger partial charge in [-0.25, -0.2) is 4.79 Å². The summed E-state index contributed by atoms with van der Waals surface area (Å²) in [6.07, 6.45) is 0. The van der Waals surface area contributed by atoms with Crippen molar-refractivity contribution in [2.45, 2.75) is 6.92 Å². The maximum Gasteiger partial charge on any atom is 0.339 e. The quantitative estimate of drug-likeness (QED) is 0.904. The van der Waals surface area contributed by atoms with E-state index in [4.69, 9.17) is 21.4 Å². The van der Waals surface area contributed by atoms with Gasteiger partial charge in [-0.05, 0) is 30.7 Å². The Balaban J connectivity index is 2.42. The number of benzene rings is 2. The highest BCUT2D eigenvalue weighted by atomic mass is 35.5. The van der Waals surface area contributed by atoms with Crippen molar-refractivity contribution in [1.29, 1.82) is 0 Å². The van der Waals surface area contributed by atoms with Gasteiger partial charge in [-0.2, -0.15) is 0 Å². The Morgan fingerprint density at radius 2 is 1.89 bits per heavy atom. The molecule has 0 heterocycles. The smallest absolute Gasteiger partial charge is 0.339 e. The van der Waals surface area contributed by atoms with Crippen molar-refractivity contribution in [2.24, 2.45) is 0 Å². The number of hydrogen-bond donors (Lipinski definition) is 1. The van der Waals surface area contributed by atoms with Crippen molar-refractivity contribution in [3.05, 3.63) is 58.6 Å². The second kappa shape index (κ2) is 5.10.